The van der Waals surface area contributed by atoms with Crippen molar-refractivity contribution in [2.45, 2.75) is 20.0 Å². The summed E-state index contributed by atoms with van der Waals surface area (Å²) in [5, 5.41) is 6.95. The number of hydrogen-bond donors (Lipinski definition) is 1. The van der Waals surface area contributed by atoms with Gasteiger partial charge in [-0.3, -0.25) is 4.79 Å². The molecule has 0 aliphatic rings. The standard InChI is InChI=1S/C20H19N3O3/c1-14(2)26-20(25)16-4-8-17(9-5-16)22-19(24)15-6-10-18(11-7-15)23-13-3-12-21-23/h3-14H,1-2H3,(H,22,24). The van der Waals surface area contributed by atoms with E-state index in [1.807, 2.05) is 24.4 Å². The van der Waals surface area contributed by atoms with Crippen molar-refractivity contribution in [3.63, 3.8) is 0 Å². The fraction of sp³-hybridized carbons (Fsp3) is 0.150. The van der Waals surface area contributed by atoms with Crippen LogP contribution in [0, 0.1) is 0 Å². The number of carbonyl (C=O) groups excluding carboxylic acids is 2. The number of aromatic nitrogens is 2. The summed E-state index contributed by atoms with van der Waals surface area (Å²) in [7, 11) is 0. The molecule has 0 radical (unpaired) electrons. The molecule has 132 valence electrons. The van der Waals surface area contributed by atoms with Crippen molar-refractivity contribution in [3.8, 4) is 5.69 Å². The maximum Gasteiger partial charge on any atom is 0.338 e. The number of esters is 1. The topological polar surface area (TPSA) is 73.2 Å². The van der Waals surface area contributed by atoms with Crippen LogP contribution in [-0.4, -0.2) is 27.8 Å². The van der Waals surface area contributed by atoms with Gasteiger partial charge in [-0.1, -0.05) is 0 Å². The van der Waals surface area contributed by atoms with Gasteiger partial charge in [0.2, 0.25) is 0 Å². The zero-order valence-electron chi connectivity index (χ0n) is 14.5. The van der Waals surface area contributed by atoms with Gasteiger partial charge in [-0.15, -0.1) is 0 Å². The molecule has 1 N–H and O–H groups in total. The van der Waals surface area contributed by atoms with Crippen LogP contribution < -0.4 is 5.32 Å². The third-order valence-electron chi connectivity index (χ3n) is 3.62. The number of nitrogens with zero attached hydrogens (tertiary/aromatic N) is 2. The van der Waals surface area contributed by atoms with Crippen LogP contribution in [0.2, 0.25) is 0 Å². The molecule has 0 bridgehead atoms. The van der Waals surface area contributed by atoms with Gasteiger partial charge in [0.05, 0.1) is 17.4 Å². The molecule has 0 aliphatic heterocycles. The van der Waals surface area contributed by atoms with Crippen LogP contribution in [0.15, 0.2) is 67.0 Å². The van der Waals surface area contributed by atoms with Crippen LogP contribution in [-0.2, 0) is 4.74 Å². The summed E-state index contributed by atoms with van der Waals surface area (Å²) in [4.78, 5) is 24.2. The molecule has 1 heterocycles. The SMILES string of the molecule is CC(C)OC(=O)c1ccc(NC(=O)c2ccc(-n3cccn3)cc2)cc1. The van der Waals surface area contributed by atoms with Crippen LogP contribution in [0.25, 0.3) is 5.69 Å². The van der Waals surface area contributed by atoms with E-state index in [9.17, 15) is 9.59 Å². The fourth-order valence-corrected chi connectivity index (χ4v) is 2.36. The Morgan fingerprint density at radius 1 is 1.00 bits per heavy atom. The molecule has 0 unspecified atom stereocenters. The maximum absolute atomic E-state index is 12.4. The van der Waals surface area contributed by atoms with Crippen molar-refractivity contribution in [1.29, 1.82) is 0 Å². The predicted octanol–water partition coefficient (Wildman–Crippen LogP) is 3.69. The molecule has 0 aliphatic carbocycles. The second-order valence-corrected chi connectivity index (χ2v) is 5.98. The average Bonchev–Trinajstić information content (AvgIpc) is 3.16. The molecule has 2 aromatic carbocycles. The maximum atomic E-state index is 12.4. The van der Waals surface area contributed by atoms with Gasteiger partial charge in [-0.05, 0) is 68.4 Å². The summed E-state index contributed by atoms with van der Waals surface area (Å²) in [6.07, 6.45) is 3.36. The van der Waals surface area contributed by atoms with Crippen LogP contribution in [0.1, 0.15) is 34.6 Å². The summed E-state index contributed by atoms with van der Waals surface area (Å²) in [6, 6.07) is 15.6. The monoisotopic (exact) mass is 349 g/mol. The lowest BCUT2D eigenvalue weighted by Crippen LogP contribution is -2.13. The average molecular weight is 349 g/mol. The fourth-order valence-electron chi connectivity index (χ4n) is 2.36. The molecule has 0 saturated carbocycles. The van der Waals surface area contributed by atoms with Crippen molar-refractivity contribution in [3.05, 3.63) is 78.1 Å². The van der Waals surface area contributed by atoms with Crippen LogP contribution in [0.3, 0.4) is 0 Å². The van der Waals surface area contributed by atoms with Crippen LogP contribution >= 0.6 is 0 Å². The van der Waals surface area contributed by atoms with Crippen molar-refractivity contribution in [2.75, 3.05) is 5.32 Å². The van der Waals surface area contributed by atoms with Gasteiger partial charge in [0, 0.05) is 23.6 Å². The first-order valence-electron chi connectivity index (χ1n) is 8.25. The van der Waals surface area contributed by atoms with E-state index in [-0.39, 0.29) is 18.0 Å². The highest BCUT2D eigenvalue weighted by Gasteiger charge is 2.10. The summed E-state index contributed by atoms with van der Waals surface area (Å²) in [5.41, 5.74) is 2.45. The van der Waals surface area contributed by atoms with Crippen molar-refractivity contribution >= 4 is 17.6 Å². The van der Waals surface area contributed by atoms with E-state index in [4.69, 9.17) is 4.74 Å². The molecule has 6 heteroatoms. The zero-order valence-corrected chi connectivity index (χ0v) is 14.5. The van der Waals surface area contributed by atoms with E-state index in [0.29, 0.717) is 16.8 Å². The number of amides is 1. The van der Waals surface area contributed by atoms with Gasteiger partial charge in [-0.2, -0.15) is 5.10 Å². The summed E-state index contributed by atoms with van der Waals surface area (Å²) < 4.78 is 6.85. The normalized spacial score (nSPS) is 10.6. The van der Waals surface area contributed by atoms with Crippen LogP contribution in [0.4, 0.5) is 5.69 Å². The Balaban J connectivity index is 1.65. The summed E-state index contributed by atoms with van der Waals surface area (Å²) >= 11 is 0. The largest absolute Gasteiger partial charge is 0.459 e. The molecule has 1 aromatic heterocycles. The predicted molar refractivity (Wildman–Crippen MR) is 98.5 cm³/mol. The molecule has 0 spiro atoms. The molecule has 0 atom stereocenters. The molecule has 6 nitrogen and oxygen atoms in total. The van der Waals surface area contributed by atoms with Gasteiger partial charge in [-0.25, -0.2) is 9.48 Å². The van der Waals surface area contributed by atoms with E-state index in [1.54, 1.807) is 61.1 Å². The van der Waals surface area contributed by atoms with E-state index in [0.717, 1.165) is 5.69 Å². The first-order chi connectivity index (χ1) is 12.5. The lowest BCUT2D eigenvalue weighted by Gasteiger charge is -2.09. The Kier molecular flexibility index (Phi) is 5.12. The number of ether oxygens (including phenoxy) is 1. The number of carbonyl (C=O) groups is 2. The second kappa shape index (κ2) is 7.65. The molecule has 0 fully saturated rings. The van der Waals surface area contributed by atoms with Gasteiger partial charge in [0.25, 0.3) is 5.91 Å². The zero-order chi connectivity index (χ0) is 18.5. The Morgan fingerprint density at radius 2 is 1.65 bits per heavy atom. The highest BCUT2D eigenvalue weighted by molar-refractivity contribution is 6.04. The highest BCUT2D eigenvalue weighted by Crippen LogP contribution is 2.14. The summed E-state index contributed by atoms with van der Waals surface area (Å²) in [5.74, 6) is -0.610. The number of anilines is 1. The van der Waals surface area contributed by atoms with E-state index < -0.39 is 0 Å². The molecular weight excluding hydrogens is 330 g/mol. The first-order valence-corrected chi connectivity index (χ1v) is 8.25. The molecule has 0 saturated heterocycles. The number of rotatable bonds is 5. The highest BCUT2D eigenvalue weighted by atomic mass is 16.5. The number of nitrogens with one attached hydrogen (secondary N) is 1. The Morgan fingerprint density at radius 3 is 2.23 bits per heavy atom. The Labute approximate surface area is 151 Å². The molecule has 1 amide bonds. The van der Waals surface area contributed by atoms with Gasteiger partial charge >= 0.3 is 5.97 Å². The molecular formula is C20H19N3O3. The minimum absolute atomic E-state index is 0.174. The minimum atomic E-state index is -0.382. The van der Waals surface area contributed by atoms with E-state index >= 15 is 0 Å². The molecule has 26 heavy (non-hydrogen) atoms. The second-order valence-electron chi connectivity index (χ2n) is 5.98. The van der Waals surface area contributed by atoms with E-state index in [1.165, 1.54) is 0 Å². The smallest absolute Gasteiger partial charge is 0.338 e. The Hall–Kier alpha value is -3.41. The van der Waals surface area contributed by atoms with Crippen LogP contribution in [0.5, 0.6) is 0 Å². The van der Waals surface area contributed by atoms with Crippen molar-refractivity contribution in [2.24, 2.45) is 0 Å². The summed E-state index contributed by atoms with van der Waals surface area (Å²) in [6.45, 7) is 3.59. The third-order valence-corrected chi connectivity index (χ3v) is 3.62. The van der Waals surface area contributed by atoms with Gasteiger partial charge < -0.3 is 10.1 Å². The first kappa shape index (κ1) is 17.4. The van der Waals surface area contributed by atoms with Crippen molar-refractivity contribution in [1.82, 2.24) is 9.78 Å². The number of benzene rings is 2. The van der Waals surface area contributed by atoms with Crippen molar-refractivity contribution < 1.29 is 14.3 Å². The minimum Gasteiger partial charge on any atom is -0.459 e. The lowest BCUT2D eigenvalue weighted by molar-refractivity contribution is 0.0378. The Bertz CT molecular complexity index is 883. The third kappa shape index (κ3) is 4.16. The van der Waals surface area contributed by atoms with Gasteiger partial charge in [0.15, 0.2) is 0 Å². The number of hydrogen-bond acceptors (Lipinski definition) is 4. The molecule has 3 rings (SSSR count). The van der Waals surface area contributed by atoms with E-state index in [2.05, 4.69) is 10.4 Å². The lowest BCUT2D eigenvalue weighted by atomic mass is 10.1. The van der Waals surface area contributed by atoms with Gasteiger partial charge in [0.1, 0.15) is 0 Å². The quantitative estimate of drug-likeness (QED) is 0.713. The molecule has 3 aromatic rings.